The number of rotatable bonds is 6. The van der Waals surface area contributed by atoms with Crippen molar-refractivity contribution in [2.24, 2.45) is 0 Å². The number of benzene rings is 1. The van der Waals surface area contributed by atoms with Crippen LogP contribution in [0.15, 0.2) is 35.9 Å². The molecule has 4 heteroatoms. The van der Waals surface area contributed by atoms with Crippen LogP contribution < -0.4 is 0 Å². The minimum Gasteiger partial charge on any atom is -0.463 e. The number of carbonyl (C=O) groups excluding carboxylic acids is 2. The quantitative estimate of drug-likeness (QED) is 0.595. The summed E-state index contributed by atoms with van der Waals surface area (Å²) in [6, 6.07) is 9.33. The van der Waals surface area contributed by atoms with E-state index in [0.29, 0.717) is 5.57 Å². The highest BCUT2D eigenvalue weighted by Crippen LogP contribution is 2.14. The lowest BCUT2D eigenvalue weighted by atomic mass is 10.1. The van der Waals surface area contributed by atoms with Crippen molar-refractivity contribution >= 4 is 18.0 Å². The molecule has 0 fully saturated rings. The van der Waals surface area contributed by atoms with Gasteiger partial charge in [0.05, 0.1) is 18.6 Å². The summed E-state index contributed by atoms with van der Waals surface area (Å²) in [4.78, 5) is 23.9. The molecular weight excluding hydrogens is 268 g/mol. The summed E-state index contributed by atoms with van der Waals surface area (Å²) in [6.07, 6.45) is 1.11. The molecule has 0 aliphatic carbocycles. The van der Waals surface area contributed by atoms with Crippen molar-refractivity contribution in [3.63, 3.8) is 0 Å². The Hall–Kier alpha value is -2.10. The van der Waals surface area contributed by atoms with Crippen LogP contribution in [0.5, 0.6) is 0 Å². The Kier molecular flexibility index (Phi) is 6.66. The van der Waals surface area contributed by atoms with Crippen molar-refractivity contribution in [3.8, 4) is 0 Å². The van der Waals surface area contributed by atoms with E-state index < -0.39 is 11.9 Å². The van der Waals surface area contributed by atoms with Crippen molar-refractivity contribution < 1.29 is 19.1 Å². The number of hydrogen-bond acceptors (Lipinski definition) is 4. The molecule has 1 aromatic rings. The van der Waals surface area contributed by atoms with Gasteiger partial charge in [-0.05, 0) is 39.3 Å². The van der Waals surface area contributed by atoms with Gasteiger partial charge in [0.25, 0.3) is 0 Å². The van der Waals surface area contributed by atoms with Crippen LogP contribution in [0.25, 0.3) is 6.08 Å². The fraction of sp³-hybridized carbons (Fsp3) is 0.412. The zero-order valence-electron chi connectivity index (χ0n) is 13.0. The molecule has 0 amide bonds. The average molecular weight is 290 g/mol. The standard InChI is InChI=1S/C17H22O4/c1-12(2)20-16(18)11-15(17(19)21-13(3)4)10-14-8-6-5-7-9-14/h5-10,12-13H,11H2,1-4H3/b15-10+. The number of carbonyl (C=O) groups is 2. The van der Waals surface area contributed by atoms with Crippen molar-refractivity contribution in [2.45, 2.75) is 46.3 Å². The van der Waals surface area contributed by atoms with E-state index in [9.17, 15) is 9.59 Å². The Balaban J connectivity index is 2.92. The minimum absolute atomic E-state index is 0.0986. The molecule has 0 heterocycles. The zero-order valence-corrected chi connectivity index (χ0v) is 13.0. The van der Waals surface area contributed by atoms with Crippen LogP contribution in [0.3, 0.4) is 0 Å². The van der Waals surface area contributed by atoms with E-state index in [1.54, 1.807) is 33.8 Å². The zero-order chi connectivity index (χ0) is 15.8. The maximum absolute atomic E-state index is 12.1. The highest BCUT2D eigenvalue weighted by molar-refractivity contribution is 5.98. The van der Waals surface area contributed by atoms with E-state index in [-0.39, 0.29) is 18.6 Å². The third-order valence-electron chi connectivity index (χ3n) is 2.45. The molecule has 0 unspecified atom stereocenters. The number of hydrogen-bond donors (Lipinski definition) is 0. The molecule has 21 heavy (non-hydrogen) atoms. The van der Waals surface area contributed by atoms with Crippen LogP contribution in [0.4, 0.5) is 0 Å². The Morgan fingerprint density at radius 3 is 2.10 bits per heavy atom. The van der Waals surface area contributed by atoms with E-state index in [0.717, 1.165) is 5.56 Å². The predicted molar refractivity (Wildman–Crippen MR) is 81.5 cm³/mol. The summed E-state index contributed by atoms with van der Waals surface area (Å²) >= 11 is 0. The summed E-state index contributed by atoms with van der Waals surface area (Å²) in [5.74, 6) is -0.928. The van der Waals surface area contributed by atoms with Crippen molar-refractivity contribution in [3.05, 3.63) is 41.5 Å². The molecule has 1 rings (SSSR count). The molecule has 0 spiro atoms. The molecule has 0 saturated carbocycles. The first kappa shape index (κ1) is 17.0. The molecule has 0 atom stereocenters. The maximum Gasteiger partial charge on any atom is 0.334 e. The van der Waals surface area contributed by atoms with E-state index in [2.05, 4.69) is 0 Å². The average Bonchev–Trinajstić information content (AvgIpc) is 2.37. The van der Waals surface area contributed by atoms with Gasteiger partial charge >= 0.3 is 11.9 Å². The van der Waals surface area contributed by atoms with Gasteiger partial charge < -0.3 is 9.47 Å². The largest absolute Gasteiger partial charge is 0.463 e. The lowest BCUT2D eigenvalue weighted by molar-refractivity contribution is -0.150. The molecule has 114 valence electrons. The fourth-order valence-corrected chi connectivity index (χ4v) is 1.68. The van der Waals surface area contributed by atoms with Gasteiger partial charge in [0, 0.05) is 5.57 Å². The summed E-state index contributed by atoms with van der Waals surface area (Å²) < 4.78 is 10.3. The van der Waals surface area contributed by atoms with E-state index >= 15 is 0 Å². The van der Waals surface area contributed by atoms with Gasteiger partial charge in [-0.3, -0.25) is 4.79 Å². The van der Waals surface area contributed by atoms with Crippen molar-refractivity contribution in [2.75, 3.05) is 0 Å². The van der Waals surface area contributed by atoms with Gasteiger partial charge in [0.15, 0.2) is 0 Å². The van der Waals surface area contributed by atoms with Crippen LogP contribution in [0, 0.1) is 0 Å². The lowest BCUT2D eigenvalue weighted by Gasteiger charge is -2.12. The van der Waals surface area contributed by atoms with Crippen molar-refractivity contribution in [1.29, 1.82) is 0 Å². The summed E-state index contributed by atoms with van der Waals surface area (Å²) in [5.41, 5.74) is 1.13. The second kappa shape index (κ2) is 8.25. The Morgan fingerprint density at radius 2 is 1.57 bits per heavy atom. The molecular formula is C17H22O4. The van der Waals surface area contributed by atoms with Gasteiger partial charge in [0.1, 0.15) is 0 Å². The van der Waals surface area contributed by atoms with Crippen LogP contribution in [-0.2, 0) is 19.1 Å². The molecule has 0 aliphatic rings. The highest BCUT2D eigenvalue weighted by atomic mass is 16.5. The van der Waals surface area contributed by atoms with Gasteiger partial charge in [-0.2, -0.15) is 0 Å². The number of esters is 2. The van der Waals surface area contributed by atoms with Gasteiger partial charge in [0.2, 0.25) is 0 Å². The number of ether oxygens (including phenoxy) is 2. The molecule has 0 aromatic heterocycles. The SMILES string of the molecule is CC(C)OC(=O)C/C(=C\c1ccccc1)C(=O)OC(C)C. The lowest BCUT2D eigenvalue weighted by Crippen LogP contribution is -2.18. The first-order valence-electron chi connectivity index (χ1n) is 7.04. The third kappa shape index (κ3) is 6.75. The second-order valence-electron chi connectivity index (χ2n) is 5.25. The summed E-state index contributed by atoms with van der Waals surface area (Å²) in [6.45, 7) is 7.07. The Morgan fingerprint density at radius 1 is 1.00 bits per heavy atom. The Bertz CT molecular complexity index is 501. The molecule has 0 saturated heterocycles. The van der Waals surface area contributed by atoms with Crippen LogP contribution in [-0.4, -0.2) is 24.1 Å². The first-order chi connectivity index (χ1) is 9.88. The van der Waals surface area contributed by atoms with Gasteiger partial charge in [-0.25, -0.2) is 4.79 Å². The van der Waals surface area contributed by atoms with Gasteiger partial charge in [-0.15, -0.1) is 0 Å². The van der Waals surface area contributed by atoms with E-state index in [4.69, 9.17) is 9.47 Å². The Labute approximate surface area is 125 Å². The third-order valence-corrected chi connectivity index (χ3v) is 2.45. The molecule has 4 nitrogen and oxygen atoms in total. The minimum atomic E-state index is -0.491. The maximum atomic E-state index is 12.1. The fourth-order valence-electron chi connectivity index (χ4n) is 1.68. The molecule has 0 aliphatic heterocycles. The topological polar surface area (TPSA) is 52.6 Å². The van der Waals surface area contributed by atoms with E-state index in [1.165, 1.54) is 0 Å². The summed E-state index contributed by atoms with van der Waals surface area (Å²) in [5, 5.41) is 0. The predicted octanol–water partition coefficient (Wildman–Crippen LogP) is 3.36. The molecule has 0 bridgehead atoms. The smallest absolute Gasteiger partial charge is 0.334 e. The van der Waals surface area contributed by atoms with Gasteiger partial charge in [-0.1, -0.05) is 30.3 Å². The van der Waals surface area contributed by atoms with Crippen LogP contribution >= 0.6 is 0 Å². The molecule has 0 N–H and O–H groups in total. The second-order valence-corrected chi connectivity index (χ2v) is 5.25. The molecule has 0 radical (unpaired) electrons. The highest BCUT2D eigenvalue weighted by Gasteiger charge is 2.18. The summed E-state index contributed by atoms with van der Waals surface area (Å²) in [7, 11) is 0. The first-order valence-corrected chi connectivity index (χ1v) is 7.04. The van der Waals surface area contributed by atoms with Crippen LogP contribution in [0.1, 0.15) is 39.7 Å². The monoisotopic (exact) mass is 290 g/mol. The van der Waals surface area contributed by atoms with Crippen LogP contribution in [0.2, 0.25) is 0 Å². The molecule has 1 aromatic carbocycles. The van der Waals surface area contributed by atoms with E-state index in [1.807, 2.05) is 30.3 Å². The normalized spacial score (nSPS) is 11.6. The van der Waals surface area contributed by atoms with Crippen molar-refractivity contribution in [1.82, 2.24) is 0 Å².